The van der Waals surface area contributed by atoms with Crippen LogP contribution in [-0.4, -0.2) is 4.57 Å². The van der Waals surface area contributed by atoms with Crippen LogP contribution in [0.4, 0.5) is 0 Å². The van der Waals surface area contributed by atoms with Crippen LogP contribution in [0.25, 0.3) is 0 Å². The molecule has 4 heteroatoms. The first-order valence-electron chi connectivity index (χ1n) is 5.21. The number of benzene rings is 1. The van der Waals surface area contributed by atoms with Crippen LogP contribution in [-0.2, 0) is 0 Å². The van der Waals surface area contributed by atoms with Crippen LogP contribution in [0.15, 0.2) is 51.9 Å². The number of rotatable bonds is 2. The van der Waals surface area contributed by atoms with E-state index in [9.17, 15) is 4.79 Å². The first kappa shape index (κ1) is 12.4. The average Bonchev–Trinajstić information content (AvgIpc) is 2.28. The summed E-state index contributed by atoms with van der Waals surface area (Å²) < 4.78 is 2.47. The van der Waals surface area contributed by atoms with E-state index >= 15 is 0 Å². The lowest BCUT2D eigenvalue weighted by atomic mass is 10.1. The second kappa shape index (κ2) is 5.07. The van der Waals surface area contributed by atoms with Crippen molar-refractivity contribution in [3.05, 3.63) is 68.0 Å². The van der Waals surface area contributed by atoms with Crippen molar-refractivity contribution < 1.29 is 0 Å². The van der Waals surface area contributed by atoms with Crippen molar-refractivity contribution in [2.45, 2.75) is 13.0 Å². The van der Waals surface area contributed by atoms with Gasteiger partial charge in [-0.1, -0.05) is 39.7 Å². The summed E-state index contributed by atoms with van der Waals surface area (Å²) in [6.45, 7) is 1.97. The SMILES string of the molecule is CC(c1cccc(Cl)c1)n1ccc(Br)cc1=O. The Kier molecular flexibility index (Phi) is 3.69. The molecule has 1 atom stereocenters. The molecule has 0 spiro atoms. The van der Waals surface area contributed by atoms with Crippen molar-refractivity contribution in [1.29, 1.82) is 0 Å². The van der Waals surface area contributed by atoms with E-state index in [4.69, 9.17) is 11.6 Å². The molecular formula is C13H11BrClNO. The minimum absolute atomic E-state index is 0.0331. The summed E-state index contributed by atoms with van der Waals surface area (Å²) in [7, 11) is 0. The molecule has 0 bridgehead atoms. The molecule has 17 heavy (non-hydrogen) atoms. The summed E-state index contributed by atoms with van der Waals surface area (Å²) in [6.07, 6.45) is 1.78. The zero-order chi connectivity index (χ0) is 12.4. The van der Waals surface area contributed by atoms with Crippen LogP contribution in [0.3, 0.4) is 0 Å². The predicted octanol–water partition coefficient (Wildman–Crippen LogP) is 3.87. The molecule has 0 radical (unpaired) electrons. The molecule has 1 unspecified atom stereocenters. The zero-order valence-electron chi connectivity index (χ0n) is 9.23. The van der Waals surface area contributed by atoms with Gasteiger partial charge in [-0.2, -0.15) is 0 Å². The maximum absolute atomic E-state index is 11.8. The summed E-state index contributed by atoms with van der Waals surface area (Å²) in [5.41, 5.74) is 0.980. The van der Waals surface area contributed by atoms with Crippen LogP contribution in [0.1, 0.15) is 18.5 Å². The lowest BCUT2D eigenvalue weighted by molar-refractivity contribution is 0.614. The Bertz CT molecular complexity index is 594. The molecular weight excluding hydrogens is 302 g/mol. The Morgan fingerprint density at radius 3 is 2.71 bits per heavy atom. The molecule has 2 aromatic rings. The highest BCUT2D eigenvalue weighted by molar-refractivity contribution is 9.10. The monoisotopic (exact) mass is 311 g/mol. The standard InChI is InChI=1S/C13H11BrClNO/c1-9(10-3-2-4-12(15)7-10)16-6-5-11(14)8-13(16)17/h2-9H,1H3. The van der Waals surface area contributed by atoms with Gasteiger partial charge in [0, 0.05) is 21.8 Å². The lowest BCUT2D eigenvalue weighted by Crippen LogP contribution is -2.22. The maximum Gasteiger partial charge on any atom is 0.252 e. The first-order chi connectivity index (χ1) is 8.08. The largest absolute Gasteiger partial charge is 0.308 e. The molecule has 0 aliphatic rings. The second-order valence-electron chi connectivity index (χ2n) is 3.82. The van der Waals surface area contributed by atoms with Crippen LogP contribution in [0.2, 0.25) is 5.02 Å². The van der Waals surface area contributed by atoms with Gasteiger partial charge >= 0.3 is 0 Å². The maximum atomic E-state index is 11.8. The van der Waals surface area contributed by atoms with Crippen molar-refractivity contribution in [3.63, 3.8) is 0 Å². The highest BCUT2D eigenvalue weighted by atomic mass is 79.9. The van der Waals surface area contributed by atoms with Gasteiger partial charge in [-0.3, -0.25) is 4.79 Å². The highest BCUT2D eigenvalue weighted by Crippen LogP contribution is 2.20. The number of halogens is 2. The Labute approximate surface area is 113 Å². The third kappa shape index (κ3) is 2.79. The van der Waals surface area contributed by atoms with E-state index in [0.29, 0.717) is 5.02 Å². The zero-order valence-corrected chi connectivity index (χ0v) is 11.6. The fraction of sp³-hybridized carbons (Fsp3) is 0.154. The third-order valence-corrected chi connectivity index (χ3v) is 3.39. The van der Waals surface area contributed by atoms with E-state index in [-0.39, 0.29) is 11.6 Å². The number of hydrogen-bond donors (Lipinski definition) is 0. The fourth-order valence-electron chi connectivity index (χ4n) is 1.71. The molecule has 0 aliphatic heterocycles. The van der Waals surface area contributed by atoms with E-state index < -0.39 is 0 Å². The van der Waals surface area contributed by atoms with Gasteiger partial charge in [0.15, 0.2) is 0 Å². The van der Waals surface area contributed by atoms with Gasteiger partial charge in [-0.15, -0.1) is 0 Å². The van der Waals surface area contributed by atoms with Gasteiger partial charge in [0.25, 0.3) is 5.56 Å². The minimum Gasteiger partial charge on any atom is -0.308 e. The molecule has 0 saturated heterocycles. The predicted molar refractivity (Wildman–Crippen MR) is 73.7 cm³/mol. The molecule has 1 heterocycles. The number of hydrogen-bond acceptors (Lipinski definition) is 1. The molecule has 1 aromatic heterocycles. The van der Waals surface area contributed by atoms with Crippen LogP contribution in [0.5, 0.6) is 0 Å². The van der Waals surface area contributed by atoms with E-state index in [1.807, 2.05) is 37.3 Å². The van der Waals surface area contributed by atoms with Gasteiger partial charge < -0.3 is 4.57 Å². The highest BCUT2D eigenvalue weighted by Gasteiger charge is 2.09. The van der Waals surface area contributed by atoms with Crippen LogP contribution in [0, 0.1) is 0 Å². The molecule has 88 valence electrons. The van der Waals surface area contributed by atoms with E-state index in [1.54, 1.807) is 16.8 Å². The molecule has 0 fully saturated rings. The van der Waals surface area contributed by atoms with E-state index in [2.05, 4.69) is 15.9 Å². The van der Waals surface area contributed by atoms with E-state index in [0.717, 1.165) is 10.0 Å². The summed E-state index contributed by atoms with van der Waals surface area (Å²) >= 11 is 9.23. The molecule has 0 N–H and O–H groups in total. The Hall–Kier alpha value is -1.06. The van der Waals surface area contributed by atoms with Crippen LogP contribution < -0.4 is 5.56 Å². The summed E-state index contributed by atoms with van der Waals surface area (Å²) in [6, 6.07) is 10.9. The normalized spacial score (nSPS) is 12.4. The third-order valence-electron chi connectivity index (χ3n) is 2.66. The minimum atomic E-state index is -0.0353. The van der Waals surface area contributed by atoms with Crippen molar-refractivity contribution in [3.8, 4) is 0 Å². The molecule has 2 nitrogen and oxygen atoms in total. The smallest absolute Gasteiger partial charge is 0.252 e. The molecule has 0 amide bonds. The van der Waals surface area contributed by atoms with Crippen molar-refractivity contribution in [2.24, 2.45) is 0 Å². The quantitative estimate of drug-likeness (QED) is 0.825. The summed E-state index contributed by atoms with van der Waals surface area (Å²) in [5.74, 6) is 0. The fourth-order valence-corrected chi connectivity index (χ4v) is 2.23. The molecule has 0 aliphatic carbocycles. The molecule has 1 aromatic carbocycles. The summed E-state index contributed by atoms with van der Waals surface area (Å²) in [4.78, 5) is 11.8. The Morgan fingerprint density at radius 1 is 1.29 bits per heavy atom. The number of aromatic nitrogens is 1. The van der Waals surface area contributed by atoms with Gasteiger partial charge in [0.1, 0.15) is 0 Å². The molecule has 0 saturated carbocycles. The van der Waals surface area contributed by atoms with Crippen LogP contribution >= 0.6 is 27.5 Å². The van der Waals surface area contributed by atoms with Gasteiger partial charge in [-0.05, 0) is 30.7 Å². The van der Waals surface area contributed by atoms with Gasteiger partial charge in [-0.25, -0.2) is 0 Å². The van der Waals surface area contributed by atoms with Crippen molar-refractivity contribution in [1.82, 2.24) is 4.57 Å². The number of nitrogens with zero attached hydrogens (tertiary/aromatic N) is 1. The van der Waals surface area contributed by atoms with Gasteiger partial charge in [0.2, 0.25) is 0 Å². The van der Waals surface area contributed by atoms with Crippen molar-refractivity contribution in [2.75, 3.05) is 0 Å². The average molecular weight is 313 g/mol. The lowest BCUT2D eigenvalue weighted by Gasteiger charge is -2.15. The Balaban J connectivity index is 2.44. The first-order valence-corrected chi connectivity index (χ1v) is 6.38. The second-order valence-corrected chi connectivity index (χ2v) is 5.17. The topological polar surface area (TPSA) is 22.0 Å². The summed E-state index contributed by atoms with van der Waals surface area (Å²) in [5, 5.41) is 0.680. The van der Waals surface area contributed by atoms with Crippen molar-refractivity contribution >= 4 is 27.5 Å². The van der Waals surface area contributed by atoms with E-state index in [1.165, 1.54) is 0 Å². The molecule has 2 rings (SSSR count). The Morgan fingerprint density at radius 2 is 2.06 bits per heavy atom. The van der Waals surface area contributed by atoms with Gasteiger partial charge in [0.05, 0.1) is 6.04 Å². The number of pyridine rings is 1.